The molecule has 0 aromatic heterocycles. The number of amides is 2. The molecule has 1 aliphatic rings. The first-order valence-electron chi connectivity index (χ1n) is 7.06. The molecule has 5 nitrogen and oxygen atoms in total. The van der Waals surface area contributed by atoms with Gasteiger partial charge in [-0.1, -0.05) is 15.9 Å². The van der Waals surface area contributed by atoms with Crippen LogP contribution in [-0.4, -0.2) is 18.9 Å². The molecule has 1 heterocycles. The Morgan fingerprint density at radius 1 is 1.16 bits per heavy atom. The summed E-state index contributed by atoms with van der Waals surface area (Å²) in [5, 5.41) is 1.24. The van der Waals surface area contributed by atoms with Gasteiger partial charge in [-0.2, -0.15) is 0 Å². The van der Waals surface area contributed by atoms with Gasteiger partial charge in [0.25, 0.3) is 11.8 Å². The first-order valence-corrected chi connectivity index (χ1v) is 10.0. The van der Waals surface area contributed by atoms with Gasteiger partial charge in [-0.25, -0.2) is 5.01 Å². The zero-order valence-corrected chi connectivity index (χ0v) is 18.7. The van der Waals surface area contributed by atoms with Gasteiger partial charge in [0, 0.05) is 13.6 Å². The van der Waals surface area contributed by atoms with Crippen LogP contribution in [0, 0.1) is 7.14 Å². The van der Waals surface area contributed by atoms with E-state index in [1.54, 1.807) is 37.5 Å². The van der Waals surface area contributed by atoms with Crippen molar-refractivity contribution >= 4 is 84.7 Å². The highest BCUT2D eigenvalue weighted by Gasteiger charge is 2.34. The van der Waals surface area contributed by atoms with E-state index < -0.39 is 11.8 Å². The predicted octanol–water partition coefficient (Wildman–Crippen LogP) is 4.13. The van der Waals surface area contributed by atoms with Crippen molar-refractivity contribution in [1.29, 1.82) is 0 Å². The van der Waals surface area contributed by atoms with E-state index in [-0.39, 0.29) is 5.57 Å². The molecule has 0 saturated carbocycles. The number of carbonyl (C=O) groups excluding carboxylic acids is 2. The maximum absolute atomic E-state index is 12.7. The summed E-state index contributed by atoms with van der Waals surface area (Å²) < 4.78 is 8.21. The van der Waals surface area contributed by atoms with Crippen molar-refractivity contribution < 1.29 is 14.3 Å². The average Bonchev–Trinajstić information content (AvgIpc) is 2.83. The number of hydrogen-bond acceptors (Lipinski definition) is 3. The van der Waals surface area contributed by atoms with Crippen molar-refractivity contribution in [3.05, 3.63) is 59.1 Å². The van der Waals surface area contributed by atoms with Crippen molar-refractivity contribution in [3.8, 4) is 5.75 Å². The quantitative estimate of drug-likeness (QED) is 0.318. The second kappa shape index (κ2) is 7.62. The Labute approximate surface area is 180 Å². The van der Waals surface area contributed by atoms with Gasteiger partial charge < -0.3 is 4.74 Å². The van der Waals surface area contributed by atoms with E-state index in [1.807, 2.05) is 12.1 Å². The zero-order valence-electron chi connectivity index (χ0n) is 12.8. The van der Waals surface area contributed by atoms with Crippen molar-refractivity contribution in [3.63, 3.8) is 0 Å². The topological polar surface area (TPSA) is 58.6 Å². The van der Waals surface area contributed by atoms with Gasteiger partial charge in [0.15, 0.2) is 0 Å². The second-order valence-electron chi connectivity index (χ2n) is 5.13. The van der Waals surface area contributed by atoms with Crippen LogP contribution >= 0.6 is 61.1 Å². The van der Waals surface area contributed by atoms with E-state index in [9.17, 15) is 9.59 Å². The summed E-state index contributed by atoms with van der Waals surface area (Å²) in [6, 6.07) is 11.0. The summed E-state index contributed by atoms with van der Waals surface area (Å²) in [6.07, 6.45) is 1.57. The molecule has 1 fully saturated rings. The lowest BCUT2D eigenvalue weighted by Gasteiger charge is -2.14. The lowest BCUT2D eigenvalue weighted by Crippen LogP contribution is -2.35. The molecule has 1 saturated heterocycles. The normalized spacial score (nSPS) is 15.7. The first kappa shape index (κ1) is 18.6. The number of ether oxygens (including phenoxy) is 1. The van der Waals surface area contributed by atoms with Crippen molar-refractivity contribution in [2.45, 2.75) is 0 Å². The summed E-state index contributed by atoms with van der Waals surface area (Å²) >= 11 is 7.70. The third-order valence-electron chi connectivity index (χ3n) is 3.52. The van der Waals surface area contributed by atoms with E-state index >= 15 is 0 Å². The number of halogens is 3. The first-order chi connectivity index (χ1) is 11.9. The maximum Gasteiger partial charge on any atom is 0.282 e. The highest BCUT2D eigenvalue weighted by molar-refractivity contribution is 14.1. The van der Waals surface area contributed by atoms with Gasteiger partial charge in [0.05, 0.1) is 16.4 Å². The average molecular weight is 625 g/mol. The Balaban J connectivity index is 2.01. The van der Waals surface area contributed by atoms with Crippen LogP contribution in [-0.2, 0) is 9.59 Å². The molecule has 0 bridgehead atoms. The minimum Gasteiger partial charge on any atom is -0.495 e. The number of carbonyl (C=O) groups is 2. The molecule has 0 radical (unpaired) electrons. The van der Waals surface area contributed by atoms with Crippen LogP contribution in [0.2, 0.25) is 0 Å². The maximum atomic E-state index is 12.7. The Morgan fingerprint density at radius 3 is 2.48 bits per heavy atom. The molecule has 2 aromatic rings. The largest absolute Gasteiger partial charge is 0.495 e. The summed E-state index contributed by atoms with van der Waals surface area (Å²) in [5.41, 5.74) is 3.94. The fourth-order valence-corrected chi connectivity index (χ4v) is 4.76. The summed E-state index contributed by atoms with van der Waals surface area (Å²) in [5.74, 6) is -0.205. The SMILES string of the molecule is COc1c(I)cc(I)cc1C=C1C(=O)NN(c2ccc(Br)cc2)C1=O. The Morgan fingerprint density at radius 2 is 1.84 bits per heavy atom. The lowest BCUT2D eigenvalue weighted by atomic mass is 10.1. The third kappa shape index (κ3) is 3.85. The van der Waals surface area contributed by atoms with Crippen LogP contribution < -0.4 is 15.2 Å². The molecule has 0 atom stereocenters. The molecule has 25 heavy (non-hydrogen) atoms. The molecule has 0 spiro atoms. The van der Waals surface area contributed by atoms with Crippen LogP contribution in [0.3, 0.4) is 0 Å². The van der Waals surface area contributed by atoms with Gasteiger partial charge in [-0.3, -0.25) is 15.0 Å². The van der Waals surface area contributed by atoms with E-state index in [0.29, 0.717) is 17.0 Å². The molecule has 0 aliphatic carbocycles. The molecule has 2 amide bonds. The van der Waals surface area contributed by atoms with Gasteiger partial charge in [-0.15, -0.1) is 0 Å². The van der Waals surface area contributed by atoms with E-state index in [0.717, 1.165) is 11.6 Å². The predicted molar refractivity (Wildman–Crippen MR) is 116 cm³/mol. The smallest absolute Gasteiger partial charge is 0.282 e. The highest BCUT2D eigenvalue weighted by Crippen LogP contribution is 2.31. The van der Waals surface area contributed by atoms with Gasteiger partial charge >= 0.3 is 0 Å². The van der Waals surface area contributed by atoms with Gasteiger partial charge in [0.2, 0.25) is 0 Å². The number of methoxy groups -OCH3 is 1. The van der Waals surface area contributed by atoms with E-state index in [4.69, 9.17) is 4.74 Å². The standard InChI is InChI=1S/C17H11BrI2N2O3/c1-25-15-9(6-11(19)8-14(15)20)7-13-16(23)21-22(17(13)24)12-4-2-10(18)3-5-12/h2-8H,1H3,(H,21,23). The zero-order chi connectivity index (χ0) is 18.1. The number of nitrogens with zero attached hydrogens (tertiary/aromatic N) is 1. The molecule has 8 heteroatoms. The number of anilines is 1. The Bertz CT molecular complexity index is 898. The minimum atomic E-state index is -0.441. The minimum absolute atomic E-state index is 0.0685. The number of hydrazine groups is 1. The molecule has 2 aromatic carbocycles. The van der Waals surface area contributed by atoms with E-state index in [1.165, 1.54) is 5.01 Å². The Hall–Kier alpha value is -1.14. The molecule has 3 rings (SSSR count). The molecule has 1 N–H and O–H groups in total. The third-order valence-corrected chi connectivity index (χ3v) is 5.47. The fraction of sp³-hybridized carbons (Fsp3) is 0.0588. The van der Waals surface area contributed by atoms with Crippen molar-refractivity contribution in [1.82, 2.24) is 5.43 Å². The monoisotopic (exact) mass is 624 g/mol. The summed E-state index contributed by atoms with van der Waals surface area (Å²) in [7, 11) is 1.57. The molecular formula is C17H11BrI2N2O3. The van der Waals surface area contributed by atoms with Gasteiger partial charge in [-0.05, 0) is 87.7 Å². The number of benzene rings is 2. The molecule has 1 aliphatic heterocycles. The van der Waals surface area contributed by atoms with Crippen LogP contribution in [0.1, 0.15) is 5.56 Å². The Kier molecular flexibility index (Phi) is 5.68. The summed E-state index contributed by atoms with van der Waals surface area (Å²) in [4.78, 5) is 25.0. The van der Waals surface area contributed by atoms with Crippen molar-refractivity contribution in [2.24, 2.45) is 0 Å². The van der Waals surface area contributed by atoms with Crippen molar-refractivity contribution in [2.75, 3.05) is 12.1 Å². The highest BCUT2D eigenvalue weighted by atomic mass is 127. The summed E-state index contributed by atoms with van der Waals surface area (Å²) in [6.45, 7) is 0. The fourth-order valence-electron chi connectivity index (χ4n) is 2.39. The van der Waals surface area contributed by atoms with Crippen LogP contribution in [0.25, 0.3) is 6.08 Å². The number of nitrogens with one attached hydrogen (secondary N) is 1. The molecule has 128 valence electrons. The lowest BCUT2D eigenvalue weighted by molar-refractivity contribution is -0.117. The van der Waals surface area contributed by atoms with Crippen LogP contribution in [0.5, 0.6) is 5.75 Å². The van der Waals surface area contributed by atoms with Gasteiger partial charge in [0.1, 0.15) is 11.3 Å². The number of rotatable bonds is 3. The molecule has 0 unspecified atom stereocenters. The molecular weight excluding hydrogens is 614 g/mol. The van der Waals surface area contributed by atoms with E-state index in [2.05, 4.69) is 66.5 Å². The number of hydrogen-bond donors (Lipinski definition) is 1. The second-order valence-corrected chi connectivity index (χ2v) is 8.45. The van der Waals surface area contributed by atoms with Crippen LogP contribution in [0.15, 0.2) is 46.4 Å². The van der Waals surface area contributed by atoms with Crippen LogP contribution in [0.4, 0.5) is 5.69 Å².